The van der Waals surface area contributed by atoms with Crippen LogP contribution in [0.3, 0.4) is 0 Å². The molecule has 1 fully saturated rings. The van der Waals surface area contributed by atoms with E-state index >= 15 is 0 Å². The summed E-state index contributed by atoms with van der Waals surface area (Å²) in [7, 11) is 0. The van der Waals surface area contributed by atoms with E-state index in [0.717, 1.165) is 31.6 Å². The molecule has 1 aliphatic rings. The highest BCUT2D eigenvalue weighted by atomic mass is 79.9. The van der Waals surface area contributed by atoms with Crippen LogP contribution in [-0.2, 0) is 4.79 Å². The molecule has 0 radical (unpaired) electrons. The molecule has 0 saturated carbocycles. The lowest BCUT2D eigenvalue weighted by molar-refractivity contribution is -0.384. The topological polar surface area (TPSA) is 87.5 Å². The predicted molar refractivity (Wildman–Crippen MR) is 109 cm³/mol. The number of halogens is 1. The van der Waals surface area contributed by atoms with Gasteiger partial charge in [0, 0.05) is 35.4 Å². The van der Waals surface area contributed by atoms with Crippen LogP contribution in [0.25, 0.3) is 0 Å². The number of rotatable bonds is 6. The Morgan fingerprint density at radius 1 is 1.19 bits per heavy atom. The summed E-state index contributed by atoms with van der Waals surface area (Å²) in [6.45, 7) is 1.88. The predicted octanol–water partition coefficient (Wildman–Crippen LogP) is 3.87. The van der Waals surface area contributed by atoms with E-state index in [2.05, 4.69) is 31.5 Å². The molecule has 2 N–H and O–H groups in total. The molecule has 8 heteroatoms. The number of nitro benzene ring substituents is 1. The Balaban J connectivity index is 1.49. The highest BCUT2D eigenvalue weighted by molar-refractivity contribution is 9.10. The number of para-hydroxylation sites is 1. The van der Waals surface area contributed by atoms with Gasteiger partial charge < -0.3 is 10.6 Å². The van der Waals surface area contributed by atoms with Crippen molar-refractivity contribution in [2.24, 2.45) is 0 Å². The molecule has 7 nitrogen and oxygen atoms in total. The minimum absolute atomic E-state index is 0.0313. The van der Waals surface area contributed by atoms with E-state index in [1.807, 2.05) is 30.3 Å². The van der Waals surface area contributed by atoms with Crippen molar-refractivity contribution < 1.29 is 9.72 Å². The van der Waals surface area contributed by atoms with Crippen molar-refractivity contribution >= 4 is 38.9 Å². The van der Waals surface area contributed by atoms with Gasteiger partial charge >= 0.3 is 0 Å². The average Bonchev–Trinajstić information content (AvgIpc) is 2.65. The molecule has 1 saturated heterocycles. The fourth-order valence-corrected chi connectivity index (χ4v) is 3.51. The van der Waals surface area contributed by atoms with Crippen molar-refractivity contribution in [3.63, 3.8) is 0 Å². The summed E-state index contributed by atoms with van der Waals surface area (Å²) in [5.74, 6) is -0.0313. The number of likely N-dealkylation sites (tertiary alicyclic amines) is 1. The van der Waals surface area contributed by atoms with E-state index in [0.29, 0.717) is 16.7 Å². The Labute approximate surface area is 166 Å². The van der Waals surface area contributed by atoms with Crippen LogP contribution in [0.1, 0.15) is 12.8 Å². The number of benzene rings is 2. The van der Waals surface area contributed by atoms with Crippen molar-refractivity contribution in [3.8, 4) is 0 Å². The molecule has 27 heavy (non-hydrogen) atoms. The third-order valence-electron chi connectivity index (χ3n) is 4.53. The Morgan fingerprint density at radius 2 is 1.89 bits per heavy atom. The molecule has 0 spiro atoms. The normalized spacial score (nSPS) is 15.3. The number of anilines is 2. The Hall–Kier alpha value is -2.45. The molecule has 0 bridgehead atoms. The zero-order valence-corrected chi connectivity index (χ0v) is 16.3. The zero-order chi connectivity index (χ0) is 19.2. The molecule has 0 aromatic heterocycles. The van der Waals surface area contributed by atoms with Gasteiger partial charge in [-0.2, -0.15) is 0 Å². The van der Waals surface area contributed by atoms with Crippen molar-refractivity contribution in [2.45, 2.75) is 18.9 Å². The van der Waals surface area contributed by atoms with E-state index in [-0.39, 0.29) is 22.6 Å². The number of hydrogen-bond donors (Lipinski definition) is 2. The maximum Gasteiger partial charge on any atom is 0.293 e. The Kier molecular flexibility index (Phi) is 6.41. The van der Waals surface area contributed by atoms with Gasteiger partial charge in [-0.05, 0) is 37.1 Å². The first-order valence-corrected chi connectivity index (χ1v) is 9.58. The monoisotopic (exact) mass is 432 g/mol. The number of carbonyl (C=O) groups excluding carboxylic acids is 1. The standard InChI is InChI=1S/C19H21BrN4O3/c20-14-6-7-17(18(12-14)24(26)27)21-16-8-10-23(11-9-16)13-19(25)22-15-4-2-1-3-5-15/h1-7,12,16,21H,8-11,13H2,(H,22,25). The fraction of sp³-hybridized carbons (Fsp3) is 0.316. The molecule has 0 atom stereocenters. The fourth-order valence-electron chi connectivity index (χ4n) is 3.16. The second-order valence-corrected chi connectivity index (χ2v) is 7.44. The van der Waals surface area contributed by atoms with Gasteiger partial charge in [-0.25, -0.2) is 0 Å². The van der Waals surface area contributed by atoms with E-state index in [1.54, 1.807) is 12.1 Å². The highest BCUT2D eigenvalue weighted by Gasteiger charge is 2.23. The van der Waals surface area contributed by atoms with Gasteiger partial charge in [-0.1, -0.05) is 34.1 Å². The number of hydrogen-bond acceptors (Lipinski definition) is 5. The first-order valence-electron chi connectivity index (χ1n) is 8.79. The molecular weight excluding hydrogens is 412 g/mol. The van der Waals surface area contributed by atoms with Gasteiger partial charge in [-0.15, -0.1) is 0 Å². The first kappa shape index (κ1) is 19.3. The maximum absolute atomic E-state index is 12.2. The van der Waals surface area contributed by atoms with E-state index < -0.39 is 0 Å². The lowest BCUT2D eigenvalue weighted by atomic mass is 10.0. The number of nitrogens with one attached hydrogen (secondary N) is 2. The number of nitrogens with zero attached hydrogens (tertiary/aromatic N) is 2. The summed E-state index contributed by atoms with van der Waals surface area (Å²) < 4.78 is 0.680. The number of nitro groups is 1. The first-order chi connectivity index (χ1) is 13.0. The summed E-state index contributed by atoms with van der Waals surface area (Å²) in [6, 6.07) is 14.6. The summed E-state index contributed by atoms with van der Waals surface area (Å²) in [5, 5.41) is 17.4. The molecule has 2 aromatic carbocycles. The van der Waals surface area contributed by atoms with Crippen LogP contribution >= 0.6 is 15.9 Å². The van der Waals surface area contributed by atoms with Gasteiger partial charge in [0.2, 0.25) is 5.91 Å². The Morgan fingerprint density at radius 3 is 2.56 bits per heavy atom. The van der Waals surface area contributed by atoms with Crippen LogP contribution in [0.4, 0.5) is 17.1 Å². The van der Waals surface area contributed by atoms with Gasteiger partial charge in [-0.3, -0.25) is 19.8 Å². The van der Waals surface area contributed by atoms with Gasteiger partial charge in [0.25, 0.3) is 5.69 Å². The second-order valence-electron chi connectivity index (χ2n) is 6.53. The SMILES string of the molecule is O=C(CN1CCC(Nc2ccc(Br)cc2[N+](=O)[O-])CC1)Nc1ccccc1. The molecule has 142 valence electrons. The van der Waals surface area contributed by atoms with Crippen molar-refractivity contribution in [2.75, 3.05) is 30.3 Å². The van der Waals surface area contributed by atoms with Crippen LogP contribution in [0.2, 0.25) is 0 Å². The quantitative estimate of drug-likeness (QED) is 0.534. The van der Waals surface area contributed by atoms with E-state index in [4.69, 9.17) is 0 Å². The van der Waals surface area contributed by atoms with Gasteiger partial charge in [0.05, 0.1) is 11.5 Å². The summed E-state index contributed by atoms with van der Waals surface area (Å²) >= 11 is 3.27. The van der Waals surface area contributed by atoms with Gasteiger partial charge in [0.15, 0.2) is 0 Å². The molecular formula is C19H21BrN4O3. The third kappa shape index (κ3) is 5.51. The minimum atomic E-state index is -0.379. The van der Waals surface area contributed by atoms with Crippen molar-refractivity contribution in [1.29, 1.82) is 0 Å². The highest BCUT2D eigenvalue weighted by Crippen LogP contribution is 2.29. The number of carbonyl (C=O) groups is 1. The molecule has 1 amide bonds. The molecule has 1 aliphatic heterocycles. The molecule has 1 heterocycles. The zero-order valence-electron chi connectivity index (χ0n) is 14.7. The summed E-state index contributed by atoms with van der Waals surface area (Å²) in [6.07, 6.45) is 1.65. The van der Waals surface area contributed by atoms with Crippen LogP contribution in [0.15, 0.2) is 53.0 Å². The smallest absolute Gasteiger partial charge is 0.293 e. The second kappa shape index (κ2) is 8.96. The number of piperidine rings is 1. The summed E-state index contributed by atoms with van der Waals surface area (Å²) in [5.41, 5.74) is 1.39. The number of amides is 1. The molecule has 3 rings (SSSR count). The lowest BCUT2D eigenvalue weighted by Gasteiger charge is -2.32. The van der Waals surface area contributed by atoms with Gasteiger partial charge in [0.1, 0.15) is 5.69 Å². The van der Waals surface area contributed by atoms with Crippen LogP contribution < -0.4 is 10.6 Å². The molecule has 0 aliphatic carbocycles. The molecule has 0 unspecified atom stereocenters. The van der Waals surface area contributed by atoms with Crippen molar-refractivity contribution in [1.82, 2.24) is 4.90 Å². The average molecular weight is 433 g/mol. The third-order valence-corrected chi connectivity index (χ3v) is 5.02. The van der Waals surface area contributed by atoms with E-state index in [9.17, 15) is 14.9 Å². The van der Waals surface area contributed by atoms with Crippen LogP contribution in [-0.4, -0.2) is 41.4 Å². The Bertz CT molecular complexity index is 808. The lowest BCUT2D eigenvalue weighted by Crippen LogP contribution is -2.42. The van der Waals surface area contributed by atoms with E-state index in [1.165, 1.54) is 6.07 Å². The molecule has 2 aromatic rings. The maximum atomic E-state index is 12.2. The minimum Gasteiger partial charge on any atom is -0.377 e. The largest absolute Gasteiger partial charge is 0.377 e. The summed E-state index contributed by atoms with van der Waals surface area (Å²) in [4.78, 5) is 25.1. The van der Waals surface area contributed by atoms with Crippen molar-refractivity contribution in [3.05, 3.63) is 63.1 Å². The van der Waals surface area contributed by atoms with Crippen LogP contribution in [0, 0.1) is 10.1 Å². The van der Waals surface area contributed by atoms with Crippen LogP contribution in [0.5, 0.6) is 0 Å².